The summed E-state index contributed by atoms with van der Waals surface area (Å²) in [4.78, 5) is 0. The van der Waals surface area contributed by atoms with Crippen molar-refractivity contribution < 1.29 is 9.13 Å². The van der Waals surface area contributed by atoms with Gasteiger partial charge in [0.25, 0.3) is 0 Å². The minimum absolute atomic E-state index is 0.00247. The number of nitrogens with zero attached hydrogens (tertiary/aromatic N) is 3. The van der Waals surface area contributed by atoms with Crippen LogP contribution < -0.4 is 4.74 Å². The molecule has 0 N–H and O–H groups in total. The van der Waals surface area contributed by atoms with Crippen LogP contribution in [0.15, 0.2) is 30.6 Å². The first-order valence-corrected chi connectivity index (χ1v) is 6.13. The summed E-state index contributed by atoms with van der Waals surface area (Å²) in [6.07, 6.45) is 5.10. The van der Waals surface area contributed by atoms with E-state index in [9.17, 15) is 4.39 Å². The van der Waals surface area contributed by atoms with Gasteiger partial charge in [0.1, 0.15) is 29.3 Å². The number of nitriles is 1. The molecular weight excluding hydrogens is 245 g/mol. The van der Waals surface area contributed by atoms with Gasteiger partial charge in [-0.2, -0.15) is 10.4 Å². The lowest BCUT2D eigenvalue weighted by atomic mass is 9.99. The van der Waals surface area contributed by atoms with E-state index in [1.54, 1.807) is 16.9 Å². The number of hydrogen-bond acceptors (Lipinski definition) is 3. The van der Waals surface area contributed by atoms with E-state index in [1.807, 2.05) is 18.3 Å². The molecule has 96 valence electrons. The summed E-state index contributed by atoms with van der Waals surface area (Å²) in [6.45, 7) is 0.605. The van der Waals surface area contributed by atoms with E-state index in [4.69, 9.17) is 10.00 Å². The summed E-state index contributed by atoms with van der Waals surface area (Å²) < 4.78 is 21.1. The van der Waals surface area contributed by atoms with E-state index in [1.165, 1.54) is 6.07 Å². The lowest BCUT2D eigenvalue weighted by Crippen LogP contribution is -2.28. The van der Waals surface area contributed by atoms with Crippen molar-refractivity contribution in [2.75, 3.05) is 0 Å². The monoisotopic (exact) mass is 257 g/mol. The normalized spacial score (nSPS) is 17.4. The first-order chi connectivity index (χ1) is 9.28. The van der Waals surface area contributed by atoms with Gasteiger partial charge in [-0.05, 0) is 30.5 Å². The summed E-state index contributed by atoms with van der Waals surface area (Å²) in [5.41, 5.74) is 0.900. The Morgan fingerprint density at radius 1 is 1.53 bits per heavy atom. The maximum Gasteiger partial charge on any atom is 0.144 e. The van der Waals surface area contributed by atoms with Gasteiger partial charge in [0, 0.05) is 12.4 Å². The van der Waals surface area contributed by atoms with Crippen LogP contribution in [0, 0.1) is 17.1 Å². The summed E-state index contributed by atoms with van der Waals surface area (Å²) >= 11 is 0. The van der Waals surface area contributed by atoms with Crippen molar-refractivity contribution in [1.29, 1.82) is 5.26 Å². The second-order valence-corrected chi connectivity index (χ2v) is 4.53. The molecular formula is C14H12FN3O. The Morgan fingerprint density at radius 3 is 3.16 bits per heavy atom. The van der Waals surface area contributed by atoms with Crippen LogP contribution in [-0.2, 0) is 13.0 Å². The maximum absolute atomic E-state index is 13.6. The molecule has 2 heterocycles. The van der Waals surface area contributed by atoms with E-state index in [0.717, 1.165) is 18.4 Å². The Balaban J connectivity index is 1.87. The predicted octanol–water partition coefficient (Wildman–Crippen LogP) is 2.29. The molecule has 1 atom stereocenters. The molecule has 1 unspecified atom stereocenters. The predicted molar refractivity (Wildman–Crippen MR) is 66.1 cm³/mol. The first-order valence-electron chi connectivity index (χ1n) is 6.13. The van der Waals surface area contributed by atoms with Gasteiger partial charge in [-0.25, -0.2) is 4.39 Å². The molecule has 0 aliphatic carbocycles. The van der Waals surface area contributed by atoms with Crippen LogP contribution >= 0.6 is 0 Å². The average molecular weight is 257 g/mol. The fourth-order valence-corrected chi connectivity index (χ4v) is 2.33. The summed E-state index contributed by atoms with van der Waals surface area (Å²) in [7, 11) is 0. The van der Waals surface area contributed by atoms with Crippen LogP contribution in [-0.4, -0.2) is 15.9 Å². The number of aromatic nitrogens is 2. The second kappa shape index (κ2) is 4.73. The van der Waals surface area contributed by atoms with Crippen LogP contribution in [0.3, 0.4) is 0 Å². The number of aryl methyl sites for hydroxylation is 1. The standard InChI is InChI=1S/C14H12FN3O/c15-13-5-3-10-2-4-11(9-18-7-1-6-17-18)19-14(10)12(13)8-16/h1,3,5-7,11H,2,4,9H2. The average Bonchev–Trinajstić information content (AvgIpc) is 2.91. The second-order valence-electron chi connectivity index (χ2n) is 4.53. The Bertz CT molecular complexity index is 631. The summed E-state index contributed by atoms with van der Waals surface area (Å²) in [5, 5.41) is 13.2. The van der Waals surface area contributed by atoms with Crippen molar-refractivity contribution in [1.82, 2.24) is 9.78 Å². The molecule has 0 spiro atoms. The number of benzene rings is 1. The first kappa shape index (κ1) is 11.7. The number of halogens is 1. The van der Waals surface area contributed by atoms with Gasteiger partial charge in [-0.3, -0.25) is 4.68 Å². The summed E-state index contributed by atoms with van der Waals surface area (Å²) in [5.74, 6) is -0.133. The Kier molecular flexibility index (Phi) is 2.92. The molecule has 0 radical (unpaired) electrons. The van der Waals surface area contributed by atoms with Crippen molar-refractivity contribution in [3.8, 4) is 11.8 Å². The van der Waals surface area contributed by atoms with Crippen molar-refractivity contribution in [3.05, 3.63) is 47.5 Å². The van der Waals surface area contributed by atoms with Crippen LogP contribution in [0.1, 0.15) is 17.5 Å². The minimum atomic E-state index is -0.527. The van der Waals surface area contributed by atoms with Gasteiger partial charge < -0.3 is 4.74 Å². The largest absolute Gasteiger partial charge is 0.487 e. The molecule has 0 saturated carbocycles. The molecule has 5 heteroatoms. The quantitative estimate of drug-likeness (QED) is 0.829. The summed E-state index contributed by atoms with van der Waals surface area (Å²) in [6, 6.07) is 6.74. The minimum Gasteiger partial charge on any atom is -0.487 e. The van der Waals surface area contributed by atoms with Crippen molar-refractivity contribution in [2.24, 2.45) is 0 Å². The number of rotatable bonds is 2. The number of ether oxygens (including phenoxy) is 1. The molecule has 0 fully saturated rings. The van der Waals surface area contributed by atoms with Crippen LogP contribution in [0.4, 0.5) is 4.39 Å². The smallest absolute Gasteiger partial charge is 0.144 e. The SMILES string of the molecule is N#Cc1c(F)ccc2c1OC(Cn1cccn1)CC2. The zero-order valence-electron chi connectivity index (χ0n) is 10.2. The Morgan fingerprint density at radius 2 is 2.42 bits per heavy atom. The molecule has 0 saturated heterocycles. The highest BCUT2D eigenvalue weighted by molar-refractivity contribution is 5.50. The highest BCUT2D eigenvalue weighted by Gasteiger charge is 2.24. The van der Waals surface area contributed by atoms with Gasteiger partial charge in [0.2, 0.25) is 0 Å². The van der Waals surface area contributed by atoms with E-state index < -0.39 is 5.82 Å². The fraction of sp³-hybridized carbons (Fsp3) is 0.286. The van der Waals surface area contributed by atoms with Gasteiger partial charge in [0.05, 0.1) is 6.54 Å². The topological polar surface area (TPSA) is 50.8 Å². The molecule has 3 rings (SSSR count). The lowest BCUT2D eigenvalue weighted by Gasteiger charge is -2.26. The van der Waals surface area contributed by atoms with Gasteiger partial charge in [-0.15, -0.1) is 0 Å². The molecule has 1 aliphatic heterocycles. The highest BCUT2D eigenvalue weighted by Crippen LogP contribution is 2.32. The van der Waals surface area contributed by atoms with Gasteiger partial charge in [0.15, 0.2) is 0 Å². The molecule has 0 amide bonds. The lowest BCUT2D eigenvalue weighted by molar-refractivity contribution is 0.148. The molecule has 19 heavy (non-hydrogen) atoms. The van der Waals surface area contributed by atoms with E-state index in [2.05, 4.69) is 5.10 Å². The van der Waals surface area contributed by atoms with Crippen LogP contribution in [0.25, 0.3) is 0 Å². The third kappa shape index (κ3) is 2.17. The van der Waals surface area contributed by atoms with Crippen molar-refractivity contribution >= 4 is 0 Å². The molecule has 0 bridgehead atoms. The zero-order chi connectivity index (χ0) is 13.2. The Hall–Kier alpha value is -2.35. The number of hydrogen-bond donors (Lipinski definition) is 0. The third-order valence-electron chi connectivity index (χ3n) is 3.27. The molecule has 2 aromatic rings. The van der Waals surface area contributed by atoms with E-state index in [0.29, 0.717) is 12.3 Å². The fourth-order valence-electron chi connectivity index (χ4n) is 2.33. The molecule has 1 aliphatic rings. The van der Waals surface area contributed by atoms with Crippen LogP contribution in [0.5, 0.6) is 5.75 Å². The zero-order valence-corrected chi connectivity index (χ0v) is 10.2. The van der Waals surface area contributed by atoms with Crippen molar-refractivity contribution in [3.63, 3.8) is 0 Å². The van der Waals surface area contributed by atoms with Gasteiger partial charge >= 0.3 is 0 Å². The third-order valence-corrected chi connectivity index (χ3v) is 3.27. The van der Waals surface area contributed by atoms with Crippen LogP contribution in [0.2, 0.25) is 0 Å². The molecule has 1 aromatic heterocycles. The molecule has 1 aromatic carbocycles. The Labute approximate surface area is 110 Å². The maximum atomic E-state index is 13.6. The van der Waals surface area contributed by atoms with E-state index in [-0.39, 0.29) is 11.7 Å². The number of fused-ring (bicyclic) bond motifs is 1. The van der Waals surface area contributed by atoms with Gasteiger partial charge in [-0.1, -0.05) is 6.07 Å². The molecule has 4 nitrogen and oxygen atoms in total. The van der Waals surface area contributed by atoms with E-state index >= 15 is 0 Å². The van der Waals surface area contributed by atoms with Crippen molar-refractivity contribution in [2.45, 2.75) is 25.5 Å². The highest BCUT2D eigenvalue weighted by atomic mass is 19.1.